The van der Waals surface area contributed by atoms with Crippen molar-refractivity contribution >= 4 is 11.7 Å². The molecule has 2 rings (SSSR count). The molecule has 7 heteroatoms. The van der Waals surface area contributed by atoms with E-state index in [1.165, 1.54) is 6.07 Å². The number of benzene rings is 1. The molecule has 1 heterocycles. The third kappa shape index (κ3) is 2.82. The summed E-state index contributed by atoms with van der Waals surface area (Å²) >= 11 is 0. The molecule has 0 bridgehead atoms. The monoisotopic (exact) mass is 263 g/mol. The van der Waals surface area contributed by atoms with Gasteiger partial charge in [-0.15, -0.1) is 0 Å². The molecule has 19 heavy (non-hydrogen) atoms. The maximum atomic E-state index is 14.1. The SMILES string of the molecule is Cn1ccc(NCc2cccc(/C(N)=N/O)c2F)n1. The van der Waals surface area contributed by atoms with Crippen LogP contribution in [0, 0.1) is 5.82 Å². The smallest absolute Gasteiger partial charge is 0.173 e. The zero-order chi connectivity index (χ0) is 13.8. The van der Waals surface area contributed by atoms with E-state index < -0.39 is 5.82 Å². The third-order valence-electron chi connectivity index (χ3n) is 2.64. The summed E-state index contributed by atoms with van der Waals surface area (Å²) in [4.78, 5) is 0. The highest BCUT2D eigenvalue weighted by Crippen LogP contribution is 2.14. The van der Waals surface area contributed by atoms with Gasteiger partial charge in [-0.2, -0.15) is 5.10 Å². The van der Waals surface area contributed by atoms with Crippen LogP contribution in [-0.2, 0) is 13.6 Å². The zero-order valence-electron chi connectivity index (χ0n) is 10.3. The highest BCUT2D eigenvalue weighted by Gasteiger charge is 2.11. The summed E-state index contributed by atoms with van der Waals surface area (Å²) in [5.74, 6) is -0.116. The molecule has 1 aromatic carbocycles. The van der Waals surface area contributed by atoms with Gasteiger partial charge in [0.25, 0.3) is 0 Å². The Morgan fingerprint density at radius 1 is 1.53 bits per heavy atom. The van der Waals surface area contributed by atoms with Gasteiger partial charge in [0.2, 0.25) is 0 Å². The van der Waals surface area contributed by atoms with Crippen molar-refractivity contribution in [2.24, 2.45) is 17.9 Å². The van der Waals surface area contributed by atoms with Crippen LogP contribution in [0.2, 0.25) is 0 Å². The number of aryl methyl sites for hydroxylation is 1. The van der Waals surface area contributed by atoms with Crippen molar-refractivity contribution in [3.63, 3.8) is 0 Å². The minimum absolute atomic E-state index is 0.0721. The highest BCUT2D eigenvalue weighted by molar-refractivity contribution is 5.97. The van der Waals surface area contributed by atoms with Crippen LogP contribution in [0.25, 0.3) is 0 Å². The van der Waals surface area contributed by atoms with Gasteiger partial charge < -0.3 is 16.3 Å². The minimum Gasteiger partial charge on any atom is -0.409 e. The van der Waals surface area contributed by atoms with Crippen molar-refractivity contribution in [3.8, 4) is 0 Å². The number of nitrogens with zero attached hydrogens (tertiary/aromatic N) is 3. The number of amidine groups is 1. The van der Waals surface area contributed by atoms with Crippen LogP contribution in [0.1, 0.15) is 11.1 Å². The lowest BCUT2D eigenvalue weighted by Gasteiger charge is -2.08. The summed E-state index contributed by atoms with van der Waals surface area (Å²) in [5, 5.41) is 18.5. The maximum absolute atomic E-state index is 14.1. The molecule has 6 nitrogen and oxygen atoms in total. The average molecular weight is 263 g/mol. The molecule has 0 unspecified atom stereocenters. The summed E-state index contributed by atoms with van der Waals surface area (Å²) in [6.45, 7) is 0.259. The number of nitrogens with two attached hydrogens (primary N) is 1. The molecule has 4 N–H and O–H groups in total. The summed E-state index contributed by atoms with van der Waals surface area (Å²) in [6, 6.07) is 6.51. The molecule has 0 radical (unpaired) electrons. The van der Waals surface area contributed by atoms with E-state index in [-0.39, 0.29) is 17.9 Å². The number of hydrogen-bond donors (Lipinski definition) is 3. The zero-order valence-corrected chi connectivity index (χ0v) is 10.3. The first kappa shape index (κ1) is 12.9. The Bertz CT molecular complexity index is 608. The lowest BCUT2D eigenvalue weighted by Crippen LogP contribution is -2.16. The first-order chi connectivity index (χ1) is 9.11. The molecule has 0 aliphatic heterocycles. The largest absolute Gasteiger partial charge is 0.409 e. The van der Waals surface area contributed by atoms with E-state index in [0.29, 0.717) is 11.4 Å². The summed E-state index contributed by atoms with van der Waals surface area (Å²) < 4.78 is 15.7. The number of rotatable bonds is 4. The quantitative estimate of drug-likeness (QED) is 0.335. The van der Waals surface area contributed by atoms with E-state index >= 15 is 0 Å². The van der Waals surface area contributed by atoms with Crippen molar-refractivity contribution in [2.45, 2.75) is 6.54 Å². The van der Waals surface area contributed by atoms with Crippen LogP contribution in [0.5, 0.6) is 0 Å². The van der Waals surface area contributed by atoms with Crippen molar-refractivity contribution in [1.29, 1.82) is 0 Å². The fourth-order valence-corrected chi connectivity index (χ4v) is 1.66. The van der Waals surface area contributed by atoms with E-state index in [1.807, 2.05) is 0 Å². The first-order valence-corrected chi connectivity index (χ1v) is 5.60. The van der Waals surface area contributed by atoms with Crippen LogP contribution in [0.3, 0.4) is 0 Å². The Labute approximate surface area is 109 Å². The first-order valence-electron chi connectivity index (χ1n) is 5.60. The highest BCUT2D eigenvalue weighted by atomic mass is 19.1. The van der Waals surface area contributed by atoms with Crippen LogP contribution in [0.15, 0.2) is 35.6 Å². The Morgan fingerprint density at radius 2 is 2.32 bits per heavy atom. The molecule has 0 aliphatic carbocycles. The molecule has 2 aromatic rings. The fourth-order valence-electron chi connectivity index (χ4n) is 1.66. The lowest BCUT2D eigenvalue weighted by atomic mass is 10.1. The molecule has 0 fully saturated rings. The van der Waals surface area contributed by atoms with Gasteiger partial charge in [-0.1, -0.05) is 17.3 Å². The summed E-state index contributed by atoms with van der Waals surface area (Å²) in [7, 11) is 1.80. The van der Waals surface area contributed by atoms with Gasteiger partial charge in [0.15, 0.2) is 5.84 Å². The third-order valence-corrected chi connectivity index (χ3v) is 2.64. The average Bonchev–Trinajstić information content (AvgIpc) is 2.82. The molecule has 0 aliphatic rings. The van der Waals surface area contributed by atoms with Crippen LogP contribution < -0.4 is 11.1 Å². The van der Waals surface area contributed by atoms with Crippen molar-refractivity contribution in [1.82, 2.24) is 9.78 Å². The molecule has 100 valence electrons. The van der Waals surface area contributed by atoms with Crippen molar-refractivity contribution in [2.75, 3.05) is 5.32 Å². The molecule has 0 saturated carbocycles. The molecular formula is C12H14FN5O. The Kier molecular flexibility index (Phi) is 3.65. The molecule has 0 saturated heterocycles. The van der Waals surface area contributed by atoms with Gasteiger partial charge >= 0.3 is 0 Å². The number of anilines is 1. The molecule has 1 aromatic heterocycles. The topological polar surface area (TPSA) is 88.5 Å². The number of halogens is 1. The van der Waals surface area contributed by atoms with Gasteiger partial charge in [0.05, 0.1) is 5.56 Å². The van der Waals surface area contributed by atoms with Crippen molar-refractivity contribution in [3.05, 3.63) is 47.4 Å². The van der Waals surface area contributed by atoms with Gasteiger partial charge in [0, 0.05) is 31.4 Å². The number of hydrogen-bond acceptors (Lipinski definition) is 4. The number of nitrogens with one attached hydrogen (secondary N) is 1. The second kappa shape index (κ2) is 5.38. The van der Waals surface area contributed by atoms with E-state index in [4.69, 9.17) is 10.9 Å². The Balaban J connectivity index is 2.17. The second-order valence-electron chi connectivity index (χ2n) is 3.99. The summed E-state index contributed by atoms with van der Waals surface area (Å²) in [6.07, 6.45) is 1.78. The molecular weight excluding hydrogens is 249 g/mol. The van der Waals surface area contributed by atoms with E-state index in [9.17, 15) is 4.39 Å². The maximum Gasteiger partial charge on any atom is 0.173 e. The molecule has 0 atom stereocenters. The van der Waals surface area contributed by atoms with E-state index in [0.717, 1.165) is 0 Å². The standard InChI is InChI=1S/C12H14FN5O/c1-18-6-5-10(16-18)15-7-8-3-2-4-9(11(8)13)12(14)17-19/h2-6,19H,7H2,1H3,(H2,14,17)(H,15,16). The Morgan fingerprint density at radius 3 is 2.95 bits per heavy atom. The van der Waals surface area contributed by atoms with E-state index in [1.54, 1.807) is 36.1 Å². The van der Waals surface area contributed by atoms with Crippen molar-refractivity contribution < 1.29 is 9.60 Å². The van der Waals surface area contributed by atoms with Gasteiger partial charge in [-0.05, 0) is 6.07 Å². The van der Waals surface area contributed by atoms with Crippen LogP contribution in [0.4, 0.5) is 10.2 Å². The number of aromatic nitrogens is 2. The van der Waals surface area contributed by atoms with Crippen LogP contribution >= 0.6 is 0 Å². The van der Waals surface area contributed by atoms with Gasteiger partial charge in [-0.3, -0.25) is 4.68 Å². The van der Waals surface area contributed by atoms with E-state index in [2.05, 4.69) is 15.6 Å². The Hall–Kier alpha value is -2.57. The predicted octanol–water partition coefficient (Wildman–Crippen LogP) is 1.27. The fraction of sp³-hybridized carbons (Fsp3) is 0.167. The van der Waals surface area contributed by atoms with Crippen LogP contribution in [-0.4, -0.2) is 20.8 Å². The van der Waals surface area contributed by atoms with Gasteiger partial charge in [0.1, 0.15) is 11.6 Å². The van der Waals surface area contributed by atoms with Gasteiger partial charge in [-0.25, -0.2) is 4.39 Å². The minimum atomic E-state index is -0.513. The summed E-state index contributed by atoms with van der Waals surface area (Å²) in [5.41, 5.74) is 5.88. The normalized spacial score (nSPS) is 11.6. The molecule has 0 spiro atoms. The predicted molar refractivity (Wildman–Crippen MR) is 69.4 cm³/mol. The number of oxime groups is 1. The second-order valence-corrected chi connectivity index (χ2v) is 3.99. The lowest BCUT2D eigenvalue weighted by molar-refractivity contribution is 0.318. The molecule has 0 amide bonds.